The normalized spacial score (nSPS) is 13.6. The third-order valence-corrected chi connectivity index (χ3v) is 4.18. The molecule has 25 heavy (non-hydrogen) atoms. The molecule has 0 saturated heterocycles. The van der Waals surface area contributed by atoms with Gasteiger partial charge in [0.1, 0.15) is 17.1 Å². The van der Waals surface area contributed by atoms with Crippen LogP contribution >= 0.6 is 0 Å². The first-order valence-corrected chi connectivity index (χ1v) is 7.79. The van der Waals surface area contributed by atoms with Gasteiger partial charge in [-0.2, -0.15) is 0 Å². The number of hydrogen-bond donors (Lipinski definition) is 2. The minimum atomic E-state index is -0.927. The van der Waals surface area contributed by atoms with E-state index in [-0.39, 0.29) is 28.8 Å². The largest absolute Gasteiger partial charge is 0.465 e. The van der Waals surface area contributed by atoms with Gasteiger partial charge in [0, 0.05) is 11.5 Å². The van der Waals surface area contributed by atoms with E-state index in [9.17, 15) is 9.59 Å². The first-order valence-electron chi connectivity index (χ1n) is 7.79. The maximum atomic E-state index is 15.2. The molecule has 1 aliphatic carbocycles. The minimum absolute atomic E-state index is 0.0609. The number of nitrogens with one attached hydrogen (secondary N) is 1. The molecule has 3 N–H and O–H groups in total. The Kier molecular flexibility index (Phi) is 4.20. The molecule has 1 amide bonds. The number of nitrogen functional groups attached to an aromatic ring is 1. The highest BCUT2D eigenvalue weighted by Gasteiger charge is 2.33. The van der Waals surface area contributed by atoms with Gasteiger partial charge in [-0.1, -0.05) is 5.16 Å². The van der Waals surface area contributed by atoms with Gasteiger partial charge in [-0.15, -0.1) is 0 Å². The number of aromatic nitrogens is 1. The fourth-order valence-corrected chi connectivity index (χ4v) is 2.73. The molecule has 1 aromatic carbocycles. The number of rotatable bonds is 4. The molecule has 0 aliphatic heterocycles. The van der Waals surface area contributed by atoms with Crippen LogP contribution < -0.4 is 11.1 Å². The highest BCUT2D eigenvalue weighted by Crippen LogP contribution is 2.39. The molecule has 0 spiro atoms. The molecule has 1 saturated carbocycles. The number of carbonyl (C=O) groups excluding carboxylic acids is 2. The maximum absolute atomic E-state index is 15.2. The van der Waals surface area contributed by atoms with E-state index >= 15 is 4.39 Å². The quantitative estimate of drug-likeness (QED) is 0.650. The van der Waals surface area contributed by atoms with E-state index in [1.807, 2.05) is 0 Å². The number of ether oxygens (including phenoxy) is 1. The van der Waals surface area contributed by atoms with Gasteiger partial charge < -0.3 is 20.3 Å². The van der Waals surface area contributed by atoms with Crippen molar-refractivity contribution in [3.05, 3.63) is 28.9 Å². The number of hydrogen-bond acceptors (Lipinski definition) is 6. The third kappa shape index (κ3) is 2.95. The van der Waals surface area contributed by atoms with Crippen molar-refractivity contribution in [2.45, 2.75) is 26.7 Å². The summed E-state index contributed by atoms with van der Waals surface area (Å²) in [4.78, 5) is 24.2. The molecule has 0 unspecified atom stereocenters. The van der Waals surface area contributed by atoms with Crippen molar-refractivity contribution < 1.29 is 23.2 Å². The van der Waals surface area contributed by atoms with Gasteiger partial charge in [0.05, 0.1) is 29.7 Å². The number of anilines is 2. The summed E-state index contributed by atoms with van der Waals surface area (Å²) in [5, 5.41) is 6.35. The second kappa shape index (κ2) is 6.19. The Bertz CT molecular complexity index is 852. The molecule has 8 heteroatoms. The van der Waals surface area contributed by atoms with Crippen LogP contribution in [0.2, 0.25) is 0 Å². The molecule has 1 aliphatic rings. The van der Waals surface area contributed by atoms with Crippen LogP contribution in [0, 0.1) is 25.6 Å². The Labute approximate surface area is 143 Å². The zero-order valence-corrected chi connectivity index (χ0v) is 14.1. The van der Waals surface area contributed by atoms with Crippen LogP contribution in [0.4, 0.5) is 15.8 Å². The van der Waals surface area contributed by atoms with Crippen LogP contribution in [0.15, 0.2) is 10.6 Å². The summed E-state index contributed by atoms with van der Waals surface area (Å²) in [6.45, 7) is 3.29. The second-order valence-electron chi connectivity index (χ2n) is 6.03. The number of nitrogens with zero attached hydrogens (tertiary/aromatic N) is 1. The molecule has 1 aromatic heterocycles. The average Bonchev–Trinajstić information content (AvgIpc) is 3.37. The SMILES string of the molecule is COC(=O)c1c(F)c(-c2c(C)noc2C)cc(N)c1NC(=O)C1CC1. The lowest BCUT2D eigenvalue weighted by atomic mass is 9.98. The fourth-order valence-electron chi connectivity index (χ4n) is 2.73. The lowest BCUT2D eigenvalue weighted by Gasteiger charge is -2.16. The highest BCUT2D eigenvalue weighted by molar-refractivity contribution is 6.07. The number of carbonyl (C=O) groups is 2. The van der Waals surface area contributed by atoms with Crippen molar-refractivity contribution in [2.75, 3.05) is 18.2 Å². The van der Waals surface area contributed by atoms with Gasteiger partial charge in [-0.05, 0) is 32.8 Å². The van der Waals surface area contributed by atoms with E-state index in [1.54, 1.807) is 13.8 Å². The van der Waals surface area contributed by atoms with Crippen molar-refractivity contribution in [1.82, 2.24) is 5.16 Å². The van der Waals surface area contributed by atoms with Crippen molar-refractivity contribution in [1.29, 1.82) is 0 Å². The predicted octanol–water partition coefficient (Wildman–Crippen LogP) is 2.81. The van der Waals surface area contributed by atoms with E-state index in [2.05, 4.69) is 15.2 Å². The van der Waals surface area contributed by atoms with Crippen LogP contribution in [0.25, 0.3) is 11.1 Å². The molecule has 7 nitrogen and oxygen atoms in total. The Hall–Kier alpha value is -2.90. The van der Waals surface area contributed by atoms with E-state index < -0.39 is 17.3 Å². The van der Waals surface area contributed by atoms with Crippen LogP contribution in [0.5, 0.6) is 0 Å². The highest BCUT2D eigenvalue weighted by atomic mass is 19.1. The van der Waals surface area contributed by atoms with E-state index in [0.29, 0.717) is 17.0 Å². The summed E-state index contributed by atoms with van der Waals surface area (Å²) in [7, 11) is 1.13. The number of benzene rings is 1. The van der Waals surface area contributed by atoms with Crippen LogP contribution in [0.3, 0.4) is 0 Å². The van der Waals surface area contributed by atoms with Crippen molar-refractivity contribution >= 4 is 23.3 Å². The summed E-state index contributed by atoms with van der Waals surface area (Å²) in [6.07, 6.45) is 1.53. The lowest BCUT2D eigenvalue weighted by Crippen LogP contribution is -2.19. The Balaban J connectivity index is 2.19. The zero-order chi connectivity index (χ0) is 18.3. The van der Waals surface area contributed by atoms with Gasteiger partial charge in [-0.25, -0.2) is 9.18 Å². The molecule has 3 rings (SSSR count). The average molecular weight is 347 g/mol. The molecule has 1 fully saturated rings. The third-order valence-electron chi connectivity index (χ3n) is 4.18. The number of aryl methyl sites for hydroxylation is 2. The van der Waals surface area contributed by atoms with Crippen molar-refractivity contribution in [3.63, 3.8) is 0 Å². The first kappa shape index (κ1) is 16.9. The zero-order valence-electron chi connectivity index (χ0n) is 14.1. The predicted molar refractivity (Wildman–Crippen MR) is 88.5 cm³/mol. The van der Waals surface area contributed by atoms with Gasteiger partial charge in [0.2, 0.25) is 5.91 Å². The molecule has 0 bridgehead atoms. The Morgan fingerprint density at radius 3 is 2.60 bits per heavy atom. The number of amides is 1. The summed E-state index contributed by atoms with van der Waals surface area (Å²) in [5.41, 5.74) is 6.54. The van der Waals surface area contributed by atoms with E-state index in [0.717, 1.165) is 20.0 Å². The van der Waals surface area contributed by atoms with E-state index in [1.165, 1.54) is 6.07 Å². The summed E-state index contributed by atoms with van der Waals surface area (Å²) in [6, 6.07) is 1.36. The van der Waals surface area contributed by atoms with Crippen molar-refractivity contribution in [2.24, 2.45) is 5.92 Å². The standard InChI is InChI=1S/C17H18FN3O4/c1-7-12(8(2)25-21-7)10-6-11(19)15(20-16(22)9-4-5-9)13(14(10)18)17(23)24-3/h6,9H,4-5,19H2,1-3H3,(H,20,22). The van der Waals surface area contributed by atoms with Gasteiger partial charge in [-0.3, -0.25) is 4.79 Å². The molecular weight excluding hydrogens is 329 g/mol. The van der Waals surface area contributed by atoms with Gasteiger partial charge in [0.25, 0.3) is 0 Å². The van der Waals surface area contributed by atoms with Crippen LogP contribution in [-0.2, 0) is 9.53 Å². The fraction of sp³-hybridized carbons (Fsp3) is 0.353. The Morgan fingerprint density at radius 1 is 1.40 bits per heavy atom. The van der Waals surface area contributed by atoms with Crippen molar-refractivity contribution in [3.8, 4) is 11.1 Å². The summed E-state index contributed by atoms with van der Waals surface area (Å²) < 4.78 is 24.9. The molecule has 2 aromatic rings. The molecule has 0 radical (unpaired) electrons. The summed E-state index contributed by atoms with van der Waals surface area (Å²) in [5.74, 6) is -1.80. The second-order valence-corrected chi connectivity index (χ2v) is 6.03. The number of methoxy groups -OCH3 is 1. The smallest absolute Gasteiger partial charge is 0.343 e. The monoisotopic (exact) mass is 347 g/mol. The number of esters is 1. The number of nitrogens with two attached hydrogens (primary N) is 1. The van der Waals surface area contributed by atoms with Crippen LogP contribution in [0.1, 0.15) is 34.7 Å². The first-order chi connectivity index (χ1) is 11.8. The topological polar surface area (TPSA) is 107 Å². The molecule has 132 valence electrons. The summed E-state index contributed by atoms with van der Waals surface area (Å²) >= 11 is 0. The molecular formula is C17H18FN3O4. The molecule has 1 heterocycles. The molecule has 0 atom stereocenters. The van der Waals surface area contributed by atoms with E-state index in [4.69, 9.17) is 10.3 Å². The lowest BCUT2D eigenvalue weighted by molar-refractivity contribution is -0.117. The Morgan fingerprint density at radius 2 is 2.08 bits per heavy atom. The van der Waals surface area contributed by atoms with Gasteiger partial charge in [0.15, 0.2) is 0 Å². The maximum Gasteiger partial charge on any atom is 0.343 e. The minimum Gasteiger partial charge on any atom is -0.465 e. The number of halogens is 1. The van der Waals surface area contributed by atoms with Gasteiger partial charge >= 0.3 is 5.97 Å². The van der Waals surface area contributed by atoms with Crippen LogP contribution in [-0.4, -0.2) is 24.1 Å².